The smallest absolute Gasteiger partial charge is 0.349 e. The zero-order valence-corrected chi connectivity index (χ0v) is 15.1. The highest BCUT2D eigenvalue weighted by molar-refractivity contribution is 7.12. The number of imide groups is 1. The van der Waals surface area contributed by atoms with Crippen molar-refractivity contribution in [3.8, 4) is 11.1 Å². The van der Waals surface area contributed by atoms with Gasteiger partial charge in [-0.1, -0.05) is 43.7 Å². The monoisotopic (exact) mass is 360 g/mol. The van der Waals surface area contributed by atoms with E-state index >= 15 is 0 Å². The molecule has 0 spiro atoms. The topological polar surface area (TPSA) is 98.5 Å². The second kappa shape index (κ2) is 7.94. The fraction of sp³-hybridized carbons (Fsp3) is 0.278. The minimum absolute atomic E-state index is 0.314. The Labute approximate surface area is 150 Å². The van der Waals surface area contributed by atoms with Crippen LogP contribution in [0.4, 0.5) is 4.79 Å². The van der Waals surface area contributed by atoms with Crippen LogP contribution in [0.2, 0.25) is 0 Å². The van der Waals surface area contributed by atoms with E-state index in [4.69, 9.17) is 10.5 Å². The molecule has 2 aromatic rings. The van der Waals surface area contributed by atoms with E-state index in [0.717, 1.165) is 16.7 Å². The van der Waals surface area contributed by atoms with Crippen LogP contribution in [0.1, 0.15) is 29.1 Å². The largest absolute Gasteiger partial charge is 0.448 e. The fourth-order valence-corrected chi connectivity index (χ4v) is 3.08. The molecule has 0 radical (unpaired) electrons. The van der Waals surface area contributed by atoms with Crippen LogP contribution in [0.25, 0.3) is 11.1 Å². The summed E-state index contributed by atoms with van der Waals surface area (Å²) >= 11 is 1.24. The number of nitrogens with one attached hydrogen (secondary N) is 1. The SMILES string of the molecule is Cc1ccc(-c2ccsc2C(=O)O[C@H](C(=O)NC(N)=O)C(C)C)cc1. The number of ether oxygens (including phenoxy) is 1. The van der Waals surface area contributed by atoms with Gasteiger partial charge in [0.15, 0.2) is 6.10 Å². The predicted octanol–water partition coefficient (Wildman–Crippen LogP) is 3.10. The second-order valence-electron chi connectivity index (χ2n) is 5.95. The Bertz CT molecular complexity index is 781. The summed E-state index contributed by atoms with van der Waals surface area (Å²) in [5, 5.41) is 3.74. The average Bonchev–Trinajstić information content (AvgIpc) is 3.01. The van der Waals surface area contributed by atoms with Crippen LogP contribution >= 0.6 is 11.3 Å². The highest BCUT2D eigenvalue weighted by Crippen LogP contribution is 2.29. The first kappa shape index (κ1) is 18.7. The highest BCUT2D eigenvalue weighted by atomic mass is 32.1. The zero-order valence-electron chi connectivity index (χ0n) is 14.2. The molecule has 0 bridgehead atoms. The third kappa shape index (κ3) is 4.67. The summed E-state index contributed by atoms with van der Waals surface area (Å²) in [6, 6.07) is 8.61. The van der Waals surface area contributed by atoms with Crippen molar-refractivity contribution in [1.29, 1.82) is 0 Å². The molecule has 25 heavy (non-hydrogen) atoms. The molecular formula is C18H20N2O4S. The number of benzene rings is 1. The molecule has 0 saturated carbocycles. The summed E-state index contributed by atoms with van der Waals surface area (Å²) in [6.07, 6.45) is -1.10. The van der Waals surface area contributed by atoms with Gasteiger partial charge in [-0.25, -0.2) is 9.59 Å². The molecular weight excluding hydrogens is 340 g/mol. The van der Waals surface area contributed by atoms with Gasteiger partial charge in [-0.05, 0) is 29.9 Å². The van der Waals surface area contributed by atoms with E-state index in [1.54, 1.807) is 19.2 Å². The molecule has 0 unspecified atom stereocenters. The number of thiophene rings is 1. The molecule has 0 saturated heterocycles. The molecule has 1 heterocycles. The Kier molecular flexibility index (Phi) is 5.93. The molecule has 1 aromatic carbocycles. The van der Waals surface area contributed by atoms with Crippen LogP contribution < -0.4 is 11.1 Å². The summed E-state index contributed by atoms with van der Waals surface area (Å²) in [7, 11) is 0. The zero-order chi connectivity index (χ0) is 18.6. The Morgan fingerprint density at radius 3 is 2.32 bits per heavy atom. The number of hydrogen-bond donors (Lipinski definition) is 2. The number of hydrogen-bond acceptors (Lipinski definition) is 5. The minimum atomic E-state index is -1.10. The number of amides is 3. The van der Waals surface area contributed by atoms with Crippen molar-refractivity contribution in [2.24, 2.45) is 11.7 Å². The molecule has 0 aliphatic heterocycles. The number of carbonyl (C=O) groups excluding carboxylic acids is 3. The minimum Gasteiger partial charge on any atom is -0.448 e. The molecule has 3 amide bonds. The van der Waals surface area contributed by atoms with Gasteiger partial charge in [-0.2, -0.15) is 0 Å². The highest BCUT2D eigenvalue weighted by Gasteiger charge is 2.29. The molecule has 7 heteroatoms. The normalized spacial score (nSPS) is 11.8. The lowest BCUT2D eigenvalue weighted by atomic mass is 10.0. The number of carbonyl (C=O) groups is 3. The van der Waals surface area contributed by atoms with Crippen molar-refractivity contribution in [3.05, 3.63) is 46.2 Å². The van der Waals surface area contributed by atoms with Gasteiger partial charge in [0.25, 0.3) is 5.91 Å². The van der Waals surface area contributed by atoms with E-state index in [1.807, 2.05) is 42.6 Å². The van der Waals surface area contributed by atoms with Gasteiger partial charge in [-0.15, -0.1) is 11.3 Å². The second-order valence-corrected chi connectivity index (χ2v) is 6.87. The summed E-state index contributed by atoms with van der Waals surface area (Å²) in [5.41, 5.74) is 7.71. The Balaban J connectivity index is 2.23. The lowest BCUT2D eigenvalue weighted by Gasteiger charge is -2.19. The Hall–Kier alpha value is -2.67. The van der Waals surface area contributed by atoms with Crippen LogP contribution in [0, 0.1) is 12.8 Å². The van der Waals surface area contributed by atoms with Crippen LogP contribution in [0.3, 0.4) is 0 Å². The molecule has 0 fully saturated rings. The molecule has 1 atom stereocenters. The number of esters is 1. The quantitative estimate of drug-likeness (QED) is 0.800. The number of urea groups is 1. The first-order valence-electron chi connectivity index (χ1n) is 7.75. The van der Waals surface area contributed by atoms with E-state index < -0.39 is 24.0 Å². The summed E-state index contributed by atoms with van der Waals surface area (Å²) < 4.78 is 5.36. The maximum Gasteiger partial charge on any atom is 0.349 e. The molecule has 0 aliphatic carbocycles. The summed E-state index contributed by atoms with van der Waals surface area (Å²) in [6.45, 7) is 5.42. The van der Waals surface area contributed by atoms with E-state index in [1.165, 1.54) is 11.3 Å². The van der Waals surface area contributed by atoms with Crippen molar-refractivity contribution in [2.75, 3.05) is 0 Å². The number of primary amides is 1. The van der Waals surface area contributed by atoms with Crippen molar-refractivity contribution >= 4 is 29.2 Å². The van der Waals surface area contributed by atoms with Crippen molar-refractivity contribution in [1.82, 2.24) is 5.32 Å². The van der Waals surface area contributed by atoms with Crippen molar-refractivity contribution in [2.45, 2.75) is 26.9 Å². The first-order valence-corrected chi connectivity index (χ1v) is 8.63. The van der Waals surface area contributed by atoms with Gasteiger partial charge < -0.3 is 10.5 Å². The van der Waals surface area contributed by atoms with E-state index in [0.29, 0.717) is 4.88 Å². The predicted molar refractivity (Wildman–Crippen MR) is 96.3 cm³/mol. The van der Waals surface area contributed by atoms with Crippen molar-refractivity contribution < 1.29 is 19.1 Å². The number of aryl methyl sites for hydroxylation is 1. The van der Waals surface area contributed by atoms with Gasteiger partial charge in [0, 0.05) is 5.56 Å². The molecule has 3 N–H and O–H groups in total. The molecule has 132 valence electrons. The first-order chi connectivity index (χ1) is 11.8. The molecule has 6 nitrogen and oxygen atoms in total. The van der Waals surface area contributed by atoms with Crippen LogP contribution in [-0.2, 0) is 9.53 Å². The third-order valence-corrected chi connectivity index (χ3v) is 4.45. The molecule has 2 rings (SSSR count). The fourth-order valence-electron chi connectivity index (χ4n) is 2.28. The number of nitrogens with two attached hydrogens (primary N) is 1. The lowest BCUT2D eigenvalue weighted by Crippen LogP contribution is -2.45. The third-order valence-electron chi connectivity index (χ3n) is 3.56. The maximum absolute atomic E-state index is 12.6. The van der Waals surface area contributed by atoms with Gasteiger partial charge in [0.05, 0.1) is 0 Å². The lowest BCUT2D eigenvalue weighted by molar-refractivity contribution is -0.130. The molecule has 0 aliphatic rings. The standard InChI is InChI=1S/C18H20N2O4S/c1-10(2)14(16(21)20-18(19)23)24-17(22)15-13(8-9-25-15)12-6-4-11(3)5-7-12/h4-10,14H,1-3H3,(H3,19,20,21,23)/t14-/m0/s1. The van der Waals surface area contributed by atoms with Crippen LogP contribution in [0.5, 0.6) is 0 Å². The summed E-state index contributed by atoms with van der Waals surface area (Å²) in [5.74, 6) is -1.65. The number of rotatable bonds is 5. The van der Waals surface area contributed by atoms with E-state index in [-0.39, 0.29) is 5.92 Å². The van der Waals surface area contributed by atoms with Crippen LogP contribution in [-0.4, -0.2) is 24.0 Å². The maximum atomic E-state index is 12.6. The van der Waals surface area contributed by atoms with Crippen molar-refractivity contribution in [3.63, 3.8) is 0 Å². The van der Waals surface area contributed by atoms with Gasteiger partial charge in [0.2, 0.25) is 0 Å². The van der Waals surface area contributed by atoms with E-state index in [9.17, 15) is 14.4 Å². The van der Waals surface area contributed by atoms with Gasteiger partial charge >= 0.3 is 12.0 Å². The van der Waals surface area contributed by atoms with Gasteiger partial charge in [0.1, 0.15) is 4.88 Å². The van der Waals surface area contributed by atoms with Crippen LogP contribution in [0.15, 0.2) is 35.7 Å². The summed E-state index contributed by atoms with van der Waals surface area (Å²) in [4.78, 5) is 35.8. The van der Waals surface area contributed by atoms with Gasteiger partial charge in [-0.3, -0.25) is 10.1 Å². The molecule has 1 aromatic heterocycles. The van der Waals surface area contributed by atoms with E-state index in [2.05, 4.69) is 0 Å². The Morgan fingerprint density at radius 1 is 1.12 bits per heavy atom. The average molecular weight is 360 g/mol. The Morgan fingerprint density at radius 2 is 1.76 bits per heavy atom.